The quantitative estimate of drug-likeness (QED) is 0.945. The Balaban J connectivity index is 1.74. The summed E-state index contributed by atoms with van der Waals surface area (Å²) in [4.78, 5) is 14.4. The lowest BCUT2D eigenvalue weighted by molar-refractivity contribution is -0.117. The van der Waals surface area contributed by atoms with E-state index in [1.165, 1.54) is 4.90 Å². The monoisotopic (exact) mass is 317 g/mol. The average Bonchev–Trinajstić information content (AvgIpc) is 2.92. The minimum atomic E-state index is -0.998. The molecule has 1 aliphatic rings. The summed E-state index contributed by atoms with van der Waals surface area (Å²) >= 11 is 1.72. The number of hydrogen-bond donors (Lipinski definition) is 1. The number of thioether (sulfide) groups is 1. The van der Waals surface area contributed by atoms with Crippen molar-refractivity contribution in [3.63, 3.8) is 0 Å². The molecule has 1 amide bonds. The molecule has 2 atom stereocenters. The topological polar surface area (TPSA) is 46.2 Å². The summed E-state index contributed by atoms with van der Waals surface area (Å²) in [5.74, 6) is 0.686. The van der Waals surface area contributed by atoms with Crippen LogP contribution in [0.15, 0.2) is 58.3 Å². The predicted molar refractivity (Wildman–Crippen MR) is 87.3 cm³/mol. The molecule has 5 heteroatoms. The van der Waals surface area contributed by atoms with Crippen LogP contribution in [-0.4, -0.2) is 22.1 Å². The first-order valence-electron chi connectivity index (χ1n) is 6.61. The smallest absolute Gasteiger partial charge is 0.232 e. The van der Waals surface area contributed by atoms with E-state index in [-0.39, 0.29) is 11.8 Å². The molecule has 21 heavy (non-hydrogen) atoms. The van der Waals surface area contributed by atoms with Gasteiger partial charge in [0.2, 0.25) is 5.91 Å². The lowest BCUT2D eigenvalue weighted by atomic mass is 10.0. The van der Waals surface area contributed by atoms with Gasteiger partial charge in [-0.1, -0.05) is 18.2 Å². The van der Waals surface area contributed by atoms with E-state index in [1.54, 1.807) is 42.3 Å². The third kappa shape index (κ3) is 3.04. The molecule has 0 bridgehead atoms. The normalized spacial score (nSPS) is 18.0. The van der Waals surface area contributed by atoms with Gasteiger partial charge >= 0.3 is 0 Å². The van der Waals surface area contributed by atoms with Gasteiger partial charge in [-0.05, 0) is 35.9 Å². The molecule has 3 nitrogen and oxygen atoms in total. The highest BCUT2D eigenvalue weighted by Crippen LogP contribution is 2.39. The Hall–Kier alpha value is -1.59. The van der Waals surface area contributed by atoms with Gasteiger partial charge in [-0.25, -0.2) is 0 Å². The third-order valence-corrected chi connectivity index (χ3v) is 5.59. The van der Waals surface area contributed by atoms with E-state index >= 15 is 0 Å². The van der Waals surface area contributed by atoms with Gasteiger partial charge in [-0.2, -0.15) is 0 Å². The van der Waals surface area contributed by atoms with E-state index in [0.29, 0.717) is 0 Å². The molecular weight excluding hydrogens is 302 g/mol. The van der Waals surface area contributed by atoms with Crippen LogP contribution in [0.2, 0.25) is 0 Å². The van der Waals surface area contributed by atoms with Gasteiger partial charge in [-0.15, -0.1) is 11.8 Å². The van der Waals surface area contributed by atoms with Crippen molar-refractivity contribution in [3.05, 3.63) is 54.1 Å². The minimum absolute atomic E-state index is 0.0119. The highest BCUT2D eigenvalue weighted by atomic mass is 32.2. The van der Waals surface area contributed by atoms with Crippen LogP contribution in [0.3, 0.4) is 0 Å². The SMILES string of the molecule is C[S@@](=O)c1ccc(NC(=O)[C@H]2CSc3ccccc32)cc1. The number of rotatable bonds is 3. The van der Waals surface area contributed by atoms with Crippen LogP contribution in [0, 0.1) is 0 Å². The summed E-state index contributed by atoms with van der Waals surface area (Å²) in [6.07, 6.45) is 1.64. The fourth-order valence-electron chi connectivity index (χ4n) is 2.34. The van der Waals surface area contributed by atoms with E-state index < -0.39 is 10.8 Å². The van der Waals surface area contributed by atoms with Crippen molar-refractivity contribution >= 4 is 34.2 Å². The fourth-order valence-corrected chi connectivity index (χ4v) is 4.09. The molecule has 2 aromatic rings. The van der Waals surface area contributed by atoms with Gasteiger partial charge in [0.25, 0.3) is 0 Å². The number of nitrogens with one attached hydrogen (secondary N) is 1. The standard InChI is InChI=1S/C16H15NO2S2/c1-21(19)12-8-6-11(7-9-12)17-16(18)14-10-20-15-5-3-2-4-13(14)15/h2-9,14H,10H2,1H3,(H,17,18)/t14-,21+/m0/s1. The van der Waals surface area contributed by atoms with Crippen LogP contribution >= 0.6 is 11.8 Å². The van der Waals surface area contributed by atoms with E-state index in [4.69, 9.17) is 0 Å². The van der Waals surface area contributed by atoms with Gasteiger partial charge in [-0.3, -0.25) is 9.00 Å². The Morgan fingerprint density at radius 3 is 2.62 bits per heavy atom. The lowest BCUT2D eigenvalue weighted by Crippen LogP contribution is -2.20. The van der Waals surface area contributed by atoms with Gasteiger partial charge in [0, 0.05) is 38.3 Å². The Labute approximate surface area is 130 Å². The van der Waals surface area contributed by atoms with Crippen LogP contribution in [0.5, 0.6) is 0 Å². The second kappa shape index (κ2) is 6.03. The Morgan fingerprint density at radius 2 is 1.90 bits per heavy atom. The molecule has 0 radical (unpaired) electrons. The zero-order valence-corrected chi connectivity index (χ0v) is 13.2. The van der Waals surface area contributed by atoms with Crippen molar-refractivity contribution in [2.24, 2.45) is 0 Å². The fraction of sp³-hybridized carbons (Fsp3) is 0.188. The third-order valence-electron chi connectivity index (χ3n) is 3.47. The van der Waals surface area contributed by atoms with Crippen LogP contribution < -0.4 is 5.32 Å². The molecule has 1 heterocycles. The van der Waals surface area contributed by atoms with E-state index in [0.717, 1.165) is 21.9 Å². The van der Waals surface area contributed by atoms with Crippen LogP contribution in [0.1, 0.15) is 11.5 Å². The first-order valence-corrected chi connectivity index (χ1v) is 9.15. The molecule has 0 fully saturated rings. The molecule has 108 valence electrons. The minimum Gasteiger partial charge on any atom is -0.326 e. The molecule has 3 rings (SSSR count). The highest BCUT2D eigenvalue weighted by molar-refractivity contribution is 7.99. The summed E-state index contributed by atoms with van der Waals surface area (Å²) in [5, 5.41) is 2.94. The molecule has 0 saturated heterocycles. The summed E-state index contributed by atoms with van der Waals surface area (Å²) in [7, 11) is -0.998. The lowest BCUT2D eigenvalue weighted by Gasteiger charge is -2.11. The van der Waals surface area contributed by atoms with E-state index in [1.807, 2.05) is 18.2 Å². The number of hydrogen-bond acceptors (Lipinski definition) is 3. The van der Waals surface area contributed by atoms with Crippen molar-refractivity contribution in [3.8, 4) is 0 Å². The Bertz CT molecular complexity index is 698. The molecule has 0 aliphatic carbocycles. The maximum Gasteiger partial charge on any atom is 0.232 e. The largest absolute Gasteiger partial charge is 0.326 e. The van der Waals surface area contributed by atoms with Crippen molar-refractivity contribution in [2.75, 3.05) is 17.3 Å². The molecule has 1 N–H and O–H groups in total. The van der Waals surface area contributed by atoms with Crippen molar-refractivity contribution in [1.82, 2.24) is 0 Å². The molecule has 1 aliphatic heterocycles. The van der Waals surface area contributed by atoms with Gasteiger partial charge < -0.3 is 5.32 Å². The van der Waals surface area contributed by atoms with Crippen molar-refractivity contribution < 1.29 is 9.00 Å². The first kappa shape index (κ1) is 14.4. The molecule has 0 spiro atoms. The molecule has 0 aromatic heterocycles. The Morgan fingerprint density at radius 1 is 1.19 bits per heavy atom. The number of carbonyl (C=O) groups excluding carboxylic acids is 1. The highest BCUT2D eigenvalue weighted by Gasteiger charge is 2.28. The molecule has 0 unspecified atom stereocenters. The maximum atomic E-state index is 12.4. The molecule has 2 aromatic carbocycles. The van der Waals surface area contributed by atoms with Crippen LogP contribution in [-0.2, 0) is 15.6 Å². The number of anilines is 1. The predicted octanol–water partition coefficient (Wildman–Crippen LogP) is 3.25. The van der Waals surface area contributed by atoms with E-state index in [9.17, 15) is 9.00 Å². The molecular formula is C16H15NO2S2. The van der Waals surface area contributed by atoms with E-state index in [2.05, 4.69) is 11.4 Å². The summed E-state index contributed by atoms with van der Waals surface area (Å²) < 4.78 is 11.3. The second-order valence-electron chi connectivity index (χ2n) is 4.87. The number of amides is 1. The summed E-state index contributed by atoms with van der Waals surface area (Å²) in [5.41, 5.74) is 1.84. The van der Waals surface area contributed by atoms with Gasteiger partial charge in [0.05, 0.1) is 5.92 Å². The van der Waals surface area contributed by atoms with Gasteiger partial charge in [0.15, 0.2) is 0 Å². The number of fused-ring (bicyclic) bond motifs is 1. The number of carbonyl (C=O) groups is 1. The Kier molecular flexibility index (Phi) is 4.12. The van der Waals surface area contributed by atoms with Gasteiger partial charge in [0.1, 0.15) is 0 Å². The zero-order valence-electron chi connectivity index (χ0n) is 11.5. The first-order chi connectivity index (χ1) is 10.1. The maximum absolute atomic E-state index is 12.4. The summed E-state index contributed by atoms with van der Waals surface area (Å²) in [6.45, 7) is 0. The summed E-state index contributed by atoms with van der Waals surface area (Å²) in [6, 6.07) is 15.2. The van der Waals surface area contributed by atoms with Crippen LogP contribution in [0.25, 0.3) is 0 Å². The van der Waals surface area contributed by atoms with Crippen LogP contribution in [0.4, 0.5) is 5.69 Å². The second-order valence-corrected chi connectivity index (χ2v) is 7.31. The van der Waals surface area contributed by atoms with Crippen molar-refractivity contribution in [1.29, 1.82) is 0 Å². The zero-order chi connectivity index (χ0) is 14.8. The number of benzene rings is 2. The molecule has 0 saturated carbocycles. The van der Waals surface area contributed by atoms with Crippen molar-refractivity contribution in [2.45, 2.75) is 15.7 Å². The average molecular weight is 317 g/mol.